The summed E-state index contributed by atoms with van der Waals surface area (Å²) in [5, 5.41) is 2.97. The Morgan fingerprint density at radius 1 is 1.33 bits per heavy atom. The van der Waals surface area contributed by atoms with Gasteiger partial charge in [-0.2, -0.15) is 0 Å². The van der Waals surface area contributed by atoms with E-state index in [1.165, 1.54) is 4.90 Å². The maximum Gasteiger partial charge on any atom is 0.275 e. The second-order valence-corrected chi connectivity index (χ2v) is 5.68. The Morgan fingerprint density at radius 2 is 2.00 bits per heavy atom. The minimum absolute atomic E-state index is 0.0669. The summed E-state index contributed by atoms with van der Waals surface area (Å²) in [5.41, 5.74) is 0.993. The molecule has 3 atom stereocenters. The number of quaternary nitrogens is 1. The van der Waals surface area contributed by atoms with Crippen LogP contribution < -0.4 is 15.0 Å². The molecule has 1 aliphatic heterocycles. The van der Waals surface area contributed by atoms with Crippen LogP contribution in [0.25, 0.3) is 0 Å². The Labute approximate surface area is 126 Å². The molecule has 1 saturated heterocycles. The van der Waals surface area contributed by atoms with E-state index in [4.69, 9.17) is 9.47 Å². The third-order valence-electron chi connectivity index (χ3n) is 3.70. The maximum absolute atomic E-state index is 12.1. The van der Waals surface area contributed by atoms with Gasteiger partial charge in [-0.25, -0.2) is 0 Å². The highest BCUT2D eigenvalue weighted by Gasteiger charge is 2.27. The van der Waals surface area contributed by atoms with Crippen molar-refractivity contribution in [2.75, 3.05) is 26.7 Å². The van der Waals surface area contributed by atoms with E-state index in [0.29, 0.717) is 13.1 Å². The lowest BCUT2D eigenvalue weighted by molar-refractivity contribution is -0.907. The number of rotatable bonds is 5. The van der Waals surface area contributed by atoms with E-state index in [0.717, 1.165) is 24.4 Å². The summed E-state index contributed by atoms with van der Waals surface area (Å²) in [6.45, 7) is 6.87. The van der Waals surface area contributed by atoms with Crippen molar-refractivity contribution in [3.63, 3.8) is 0 Å². The van der Waals surface area contributed by atoms with Gasteiger partial charge in [0.05, 0.1) is 7.11 Å². The summed E-state index contributed by atoms with van der Waals surface area (Å²) in [6, 6.07) is 7.73. The van der Waals surface area contributed by atoms with Crippen LogP contribution in [0.3, 0.4) is 0 Å². The average Bonchev–Trinajstić information content (AvgIpc) is 2.44. The number of hydrogen-bond acceptors (Lipinski definition) is 3. The SMILES string of the molecule is COc1ccccc1CNC(=O)C[NH+]1C[C@@H](C)O[C@@H](C)C1. The fraction of sp³-hybridized carbons (Fsp3) is 0.562. The molecular weight excluding hydrogens is 268 g/mol. The van der Waals surface area contributed by atoms with Crippen LogP contribution in [-0.2, 0) is 16.1 Å². The van der Waals surface area contributed by atoms with Gasteiger partial charge in [0.2, 0.25) is 0 Å². The van der Waals surface area contributed by atoms with Crippen molar-refractivity contribution in [1.29, 1.82) is 0 Å². The van der Waals surface area contributed by atoms with Gasteiger partial charge in [-0.05, 0) is 19.9 Å². The van der Waals surface area contributed by atoms with Gasteiger partial charge < -0.3 is 19.7 Å². The number of amides is 1. The van der Waals surface area contributed by atoms with Crippen molar-refractivity contribution in [1.82, 2.24) is 5.32 Å². The van der Waals surface area contributed by atoms with Crippen molar-refractivity contribution >= 4 is 5.91 Å². The van der Waals surface area contributed by atoms with Gasteiger partial charge in [-0.1, -0.05) is 18.2 Å². The highest BCUT2D eigenvalue weighted by Crippen LogP contribution is 2.16. The molecule has 1 aliphatic rings. The lowest BCUT2D eigenvalue weighted by atomic mass is 10.2. The number of hydrogen-bond donors (Lipinski definition) is 2. The summed E-state index contributed by atoms with van der Waals surface area (Å²) >= 11 is 0. The normalized spacial score (nSPS) is 25.4. The Morgan fingerprint density at radius 3 is 2.67 bits per heavy atom. The number of carbonyl (C=O) groups is 1. The van der Waals surface area contributed by atoms with E-state index >= 15 is 0 Å². The molecule has 1 heterocycles. The molecular formula is C16H25N2O3+. The lowest BCUT2D eigenvalue weighted by Gasteiger charge is -2.31. The van der Waals surface area contributed by atoms with Crippen LogP contribution in [0, 0.1) is 0 Å². The lowest BCUT2D eigenvalue weighted by Crippen LogP contribution is -3.16. The topological polar surface area (TPSA) is 52.0 Å². The second-order valence-electron chi connectivity index (χ2n) is 5.68. The van der Waals surface area contributed by atoms with Gasteiger partial charge in [0.1, 0.15) is 31.0 Å². The first kappa shape index (κ1) is 15.8. The first-order valence-corrected chi connectivity index (χ1v) is 7.46. The number of nitrogens with one attached hydrogen (secondary N) is 2. The quantitative estimate of drug-likeness (QED) is 0.804. The molecule has 116 valence electrons. The van der Waals surface area contributed by atoms with Crippen LogP contribution in [0.4, 0.5) is 0 Å². The van der Waals surface area contributed by atoms with Gasteiger partial charge in [-0.3, -0.25) is 4.79 Å². The van der Waals surface area contributed by atoms with Gasteiger partial charge in [0, 0.05) is 12.1 Å². The average molecular weight is 293 g/mol. The maximum atomic E-state index is 12.1. The van der Waals surface area contributed by atoms with E-state index in [1.807, 2.05) is 24.3 Å². The molecule has 5 nitrogen and oxygen atoms in total. The number of morpholine rings is 1. The summed E-state index contributed by atoms with van der Waals surface area (Å²) in [6.07, 6.45) is 0.427. The number of carbonyl (C=O) groups excluding carboxylic acids is 1. The van der Waals surface area contributed by atoms with Gasteiger partial charge >= 0.3 is 0 Å². The van der Waals surface area contributed by atoms with E-state index in [1.54, 1.807) is 7.11 Å². The van der Waals surface area contributed by atoms with E-state index in [9.17, 15) is 4.79 Å². The van der Waals surface area contributed by atoms with Crippen molar-refractivity contribution in [3.05, 3.63) is 29.8 Å². The molecule has 0 aliphatic carbocycles. The largest absolute Gasteiger partial charge is 0.496 e. The molecule has 0 spiro atoms. The molecule has 0 aromatic heterocycles. The molecule has 1 aromatic carbocycles. The second kappa shape index (κ2) is 7.43. The van der Waals surface area contributed by atoms with Crippen LogP contribution in [0.15, 0.2) is 24.3 Å². The summed E-state index contributed by atoms with van der Waals surface area (Å²) in [5.74, 6) is 0.871. The molecule has 21 heavy (non-hydrogen) atoms. The molecule has 1 amide bonds. The first-order chi connectivity index (χ1) is 10.1. The monoisotopic (exact) mass is 293 g/mol. The molecule has 5 heteroatoms. The zero-order chi connectivity index (χ0) is 15.2. The molecule has 0 saturated carbocycles. The van der Waals surface area contributed by atoms with Crippen LogP contribution >= 0.6 is 0 Å². The van der Waals surface area contributed by atoms with E-state index < -0.39 is 0 Å². The Kier molecular flexibility index (Phi) is 5.59. The fourth-order valence-corrected chi connectivity index (χ4v) is 2.87. The number of methoxy groups -OCH3 is 1. The Hall–Kier alpha value is -1.59. The molecule has 1 aromatic rings. The van der Waals surface area contributed by atoms with E-state index in [-0.39, 0.29) is 18.1 Å². The summed E-state index contributed by atoms with van der Waals surface area (Å²) in [7, 11) is 1.64. The third-order valence-corrected chi connectivity index (χ3v) is 3.70. The smallest absolute Gasteiger partial charge is 0.275 e. The molecule has 2 N–H and O–H groups in total. The first-order valence-electron chi connectivity index (χ1n) is 7.46. The standard InChI is InChI=1S/C16H24N2O3/c1-12-9-18(10-13(2)21-12)11-16(19)17-8-14-6-4-5-7-15(14)20-3/h4-7,12-13H,8-11H2,1-3H3,(H,17,19)/p+1/t12-,13+. The van der Waals surface area contributed by atoms with Crippen molar-refractivity contribution in [2.45, 2.75) is 32.6 Å². The van der Waals surface area contributed by atoms with Gasteiger partial charge in [0.25, 0.3) is 5.91 Å². The van der Waals surface area contributed by atoms with E-state index in [2.05, 4.69) is 19.2 Å². The van der Waals surface area contributed by atoms with Crippen molar-refractivity contribution in [3.8, 4) is 5.75 Å². The third kappa shape index (κ3) is 4.72. The molecule has 0 radical (unpaired) electrons. The zero-order valence-electron chi connectivity index (χ0n) is 13.0. The van der Waals surface area contributed by atoms with Crippen molar-refractivity contribution < 1.29 is 19.2 Å². The summed E-state index contributed by atoms with van der Waals surface area (Å²) < 4.78 is 11.0. The minimum atomic E-state index is 0.0669. The van der Waals surface area contributed by atoms with Gasteiger partial charge in [0.15, 0.2) is 6.54 Å². The predicted octanol–water partition coefficient (Wildman–Crippen LogP) is 0.00350. The van der Waals surface area contributed by atoms with Crippen molar-refractivity contribution in [2.24, 2.45) is 0 Å². The van der Waals surface area contributed by atoms with Crippen LogP contribution in [0.2, 0.25) is 0 Å². The van der Waals surface area contributed by atoms with Gasteiger partial charge in [-0.15, -0.1) is 0 Å². The van der Waals surface area contributed by atoms with Crippen LogP contribution in [0.5, 0.6) is 5.75 Å². The van der Waals surface area contributed by atoms with Crippen LogP contribution in [0.1, 0.15) is 19.4 Å². The highest BCUT2D eigenvalue weighted by atomic mass is 16.5. The Bertz CT molecular complexity index is 468. The molecule has 0 bridgehead atoms. The number of benzene rings is 1. The minimum Gasteiger partial charge on any atom is -0.496 e. The zero-order valence-corrected chi connectivity index (χ0v) is 13.0. The summed E-state index contributed by atoms with van der Waals surface area (Å²) in [4.78, 5) is 13.4. The molecule has 1 fully saturated rings. The Balaban J connectivity index is 1.82. The number of para-hydroxylation sites is 1. The molecule has 2 rings (SSSR count). The predicted molar refractivity (Wildman–Crippen MR) is 80.4 cm³/mol. The van der Waals surface area contributed by atoms with Crippen LogP contribution in [-0.4, -0.2) is 44.9 Å². The highest BCUT2D eigenvalue weighted by molar-refractivity contribution is 5.76. The fourth-order valence-electron chi connectivity index (χ4n) is 2.87. The number of ether oxygens (including phenoxy) is 2. The molecule has 1 unspecified atom stereocenters.